The van der Waals surface area contributed by atoms with Gasteiger partial charge in [0, 0.05) is 42.8 Å². The molecule has 0 saturated heterocycles. The van der Waals surface area contributed by atoms with Gasteiger partial charge < -0.3 is 25.7 Å². The molecule has 1 aromatic heterocycles. The molecule has 0 radical (unpaired) electrons. The number of hydrogen-bond acceptors (Lipinski definition) is 6. The largest absolute Gasteiger partial charge is 0.417 e. The Kier molecular flexibility index (Phi) is 8.64. The minimum absolute atomic E-state index is 0.0222. The van der Waals surface area contributed by atoms with Crippen LogP contribution in [0.1, 0.15) is 38.3 Å². The molecule has 0 fully saturated rings. The zero-order chi connectivity index (χ0) is 30.0. The van der Waals surface area contributed by atoms with Gasteiger partial charge in [0.15, 0.2) is 5.60 Å². The van der Waals surface area contributed by atoms with Crippen molar-refractivity contribution in [2.45, 2.75) is 24.1 Å². The Hall–Kier alpha value is -3.65. The van der Waals surface area contributed by atoms with Crippen LogP contribution in [0.4, 0.5) is 33.5 Å². The highest BCUT2D eigenvalue weighted by atomic mass is 35.5. The van der Waals surface area contributed by atoms with E-state index in [0.29, 0.717) is 0 Å². The number of halogens is 6. The monoisotopic (exact) mass is 598 g/mol. The van der Waals surface area contributed by atoms with Crippen molar-refractivity contribution in [3.63, 3.8) is 0 Å². The molecule has 1 aliphatic rings. The van der Waals surface area contributed by atoms with Gasteiger partial charge in [0.25, 0.3) is 17.7 Å². The summed E-state index contributed by atoms with van der Waals surface area (Å²) in [7, 11) is 0. The molecule has 1 aliphatic heterocycles. The molecular formula is C27H24ClF5N4O4. The standard InChI is InChI=1S/C27H24ClF5N4O4/c28-17-6-7-21-20(13-17)25(41,15-34-10-12-38)26(29,30)9-11-37(21)24(40)16-5-8-22(35-14-16)36-23(39)18-3-1-2-4-19(18)27(31,32)33/h1-8,13-14,34,38,41H,9-12,15H2,(H,35,36,39). The van der Waals surface area contributed by atoms with E-state index in [0.717, 1.165) is 35.4 Å². The van der Waals surface area contributed by atoms with E-state index < -0.39 is 60.2 Å². The molecule has 2 heterocycles. The highest BCUT2D eigenvalue weighted by Gasteiger charge is 2.56. The summed E-state index contributed by atoms with van der Waals surface area (Å²) in [5, 5.41) is 25.1. The minimum atomic E-state index is -4.76. The Morgan fingerprint density at radius 2 is 1.83 bits per heavy atom. The highest BCUT2D eigenvalue weighted by molar-refractivity contribution is 6.30. The molecule has 0 bridgehead atoms. The molecule has 0 aliphatic carbocycles. The second kappa shape index (κ2) is 11.7. The number of nitrogens with zero attached hydrogens (tertiary/aromatic N) is 2. The first-order valence-corrected chi connectivity index (χ1v) is 12.6. The number of aliphatic hydroxyl groups excluding tert-OH is 1. The van der Waals surface area contributed by atoms with Crippen molar-refractivity contribution in [3.05, 3.63) is 88.1 Å². The van der Waals surface area contributed by atoms with Crippen molar-refractivity contribution in [2.24, 2.45) is 0 Å². The quantitative estimate of drug-likeness (QED) is 0.236. The van der Waals surface area contributed by atoms with E-state index in [1.807, 2.05) is 0 Å². The van der Waals surface area contributed by atoms with Gasteiger partial charge in [0.2, 0.25) is 0 Å². The van der Waals surface area contributed by atoms with Gasteiger partial charge in [-0.1, -0.05) is 23.7 Å². The average molecular weight is 599 g/mol. The van der Waals surface area contributed by atoms with Gasteiger partial charge >= 0.3 is 6.18 Å². The first-order chi connectivity index (χ1) is 19.3. The summed E-state index contributed by atoms with van der Waals surface area (Å²) in [5.74, 6) is -5.69. The van der Waals surface area contributed by atoms with Crippen LogP contribution in [0, 0.1) is 0 Å². The number of hydrogen-bond donors (Lipinski definition) is 4. The van der Waals surface area contributed by atoms with E-state index in [1.165, 1.54) is 30.3 Å². The second-order valence-corrected chi connectivity index (χ2v) is 9.70. The molecule has 41 heavy (non-hydrogen) atoms. The Morgan fingerprint density at radius 1 is 1.10 bits per heavy atom. The molecule has 4 N–H and O–H groups in total. The maximum atomic E-state index is 15.4. The lowest BCUT2D eigenvalue weighted by molar-refractivity contribution is -0.185. The van der Waals surface area contributed by atoms with Crippen LogP contribution < -0.4 is 15.5 Å². The number of carbonyl (C=O) groups excluding carboxylic acids is 2. The molecule has 0 spiro atoms. The average Bonchev–Trinajstić information content (AvgIpc) is 3.01. The van der Waals surface area contributed by atoms with E-state index in [1.54, 1.807) is 0 Å². The van der Waals surface area contributed by atoms with Gasteiger partial charge in [-0.2, -0.15) is 13.2 Å². The van der Waals surface area contributed by atoms with Gasteiger partial charge in [0.1, 0.15) is 5.82 Å². The molecular weight excluding hydrogens is 575 g/mol. The summed E-state index contributed by atoms with van der Waals surface area (Å²) in [6.45, 7) is -1.54. The minimum Gasteiger partial charge on any atom is -0.395 e. The predicted octanol–water partition coefficient (Wildman–Crippen LogP) is 4.46. The second-order valence-electron chi connectivity index (χ2n) is 9.26. The van der Waals surface area contributed by atoms with Gasteiger partial charge in [-0.15, -0.1) is 0 Å². The summed E-state index contributed by atoms with van der Waals surface area (Å²) in [4.78, 5) is 31.0. The molecule has 2 amide bonds. The molecule has 3 aromatic rings. The summed E-state index contributed by atoms with van der Waals surface area (Å²) >= 11 is 6.07. The van der Waals surface area contributed by atoms with Crippen molar-refractivity contribution in [2.75, 3.05) is 36.5 Å². The van der Waals surface area contributed by atoms with E-state index in [2.05, 4.69) is 15.6 Å². The van der Waals surface area contributed by atoms with Crippen LogP contribution in [0.25, 0.3) is 0 Å². The Labute approximate surface area is 235 Å². The van der Waals surface area contributed by atoms with Gasteiger partial charge in [0.05, 0.1) is 29.0 Å². The molecule has 14 heteroatoms. The molecule has 1 atom stereocenters. The number of aliphatic hydroxyl groups is 2. The number of rotatable bonds is 7. The lowest BCUT2D eigenvalue weighted by Gasteiger charge is -2.35. The number of pyridine rings is 1. The van der Waals surface area contributed by atoms with Crippen molar-refractivity contribution >= 4 is 34.9 Å². The normalized spacial score (nSPS) is 18.4. The molecule has 2 aromatic carbocycles. The predicted molar refractivity (Wildman–Crippen MR) is 140 cm³/mol. The number of fused-ring (bicyclic) bond motifs is 1. The van der Waals surface area contributed by atoms with E-state index >= 15 is 8.78 Å². The number of aromatic nitrogens is 1. The first kappa shape index (κ1) is 30.3. The third-order valence-corrected chi connectivity index (χ3v) is 6.83. The fraction of sp³-hybridized carbons (Fsp3) is 0.296. The van der Waals surface area contributed by atoms with Crippen LogP contribution in [-0.2, 0) is 11.8 Å². The van der Waals surface area contributed by atoms with E-state index in [-0.39, 0.29) is 40.8 Å². The zero-order valence-electron chi connectivity index (χ0n) is 21.2. The van der Waals surface area contributed by atoms with Crippen molar-refractivity contribution in [1.82, 2.24) is 10.3 Å². The highest BCUT2D eigenvalue weighted by Crippen LogP contribution is 2.47. The van der Waals surface area contributed by atoms with Crippen LogP contribution in [0.2, 0.25) is 5.02 Å². The lowest BCUT2D eigenvalue weighted by Crippen LogP contribution is -2.52. The molecule has 218 valence electrons. The maximum absolute atomic E-state index is 15.4. The van der Waals surface area contributed by atoms with Crippen LogP contribution in [0.3, 0.4) is 0 Å². The molecule has 4 rings (SSSR count). The third-order valence-electron chi connectivity index (χ3n) is 6.59. The van der Waals surface area contributed by atoms with Gasteiger partial charge in [-0.3, -0.25) is 9.59 Å². The number of amides is 2. The Morgan fingerprint density at radius 3 is 2.49 bits per heavy atom. The van der Waals surface area contributed by atoms with Crippen LogP contribution in [-0.4, -0.2) is 59.2 Å². The summed E-state index contributed by atoms with van der Waals surface area (Å²) in [6, 6.07) is 10.5. The molecule has 8 nitrogen and oxygen atoms in total. The van der Waals surface area contributed by atoms with Gasteiger partial charge in [-0.05, 0) is 42.5 Å². The van der Waals surface area contributed by atoms with Gasteiger partial charge in [-0.25, -0.2) is 13.8 Å². The van der Waals surface area contributed by atoms with Crippen LogP contribution in [0.15, 0.2) is 60.8 Å². The molecule has 0 saturated carbocycles. The van der Waals surface area contributed by atoms with Crippen molar-refractivity contribution in [3.8, 4) is 0 Å². The zero-order valence-corrected chi connectivity index (χ0v) is 21.9. The van der Waals surface area contributed by atoms with Crippen LogP contribution in [0.5, 0.6) is 0 Å². The van der Waals surface area contributed by atoms with Crippen molar-refractivity contribution in [1.29, 1.82) is 0 Å². The smallest absolute Gasteiger partial charge is 0.395 e. The number of benzene rings is 2. The summed E-state index contributed by atoms with van der Waals surface area (Å²) in [5.41, 5.74) is -4.92. The summed E-state index contributed by atoms with van der Waals surface area (Å²) < 4.78 is 70.5. The Bertz CT molecular complexity index is 1440. The number of alkyl halides is 5. The summed E-state index contributed by atoms with van der Waals surface area (Å²) in [6.07, 6.45) is -4.63. The SMILES string of the molecule is O=C(Nc1ccc(C(=O)N2CCC(F)(F)C(O)(CNCCO)c3cc(Cl)ccc32)cn1)c1ccccc1C(F)(F)F. The van der Waals surface area contributed by atoms with E-state index in [9.17, 15) is 27.9 Å². The van der Waals surface area contributed by atoms with E-state index in [4.69, 9.17) is 16.7 Å². The fourth-order valence-electron chi connectivity index (χ4n) is 4.50. The van der Waals surface area contributed by atoms with Crippen molar-refractivity contribution < 1.29 is 41.8 Å². The lowest BCUT2D eigenvalue weighted by atomic mass is 9.85. The third kappa shape index (κ3) is 6.17. The Balaban J connectivity index is 1.61. The van der Waals surface area contributed by atoms with Crippen LogP contribution >= 0.6 is 11.6 Å². The number of anilines is 2. The molecule has 1 unspecified atom stereocenters. The topological polar surface area (TPSA) is 115 Å². The number of nitrogens with one attached hydrogen (secondary N) is 2. The fourth-order valence-corrected chi connectivity index (χ4v) is 4.67. The number of carbonyl (C=O) groups is 2. The first-order valence-electron chi connectivity index (χ1n) is 12.3. The maximum Gasteiger partial charge on any atom is 0.417 e.